The number of rotatable bonds is 4. The molecule has 0 aliphatic carbocycles. The van der Waals surface area contributed by atoms with Gasteiger partial charge < -0.3 is 10.3 Å². The predicted octanol–water partition coefficient (Wildman–Crippen LogP) is 5.28. The molecule has 0 saturated carbocycles. The van der Waals surface area contributed by atoms with Crippen molar-refractivity contribution in [3.63, 3.8) is 0 Å². The van der Waals surface area contributed by atoms with Gasteiger partial charge in [0.05, 0.1) is 33.5 Å². The maximum atomic E-state index is 14.6. The first kappa shape index (κ1) is 20.4. The van der Waals surface area contributed by atoms with Crippen molar-refractivity contribution in [3.8, 4) is 5.69 Å². The average Bonchev–Trinajstić information content (AvgIpc) is 3.26. The summed E-state index contributed by atoms with van der Waals surface area (Å²) in [5, 5.41) is 4.19. The van der Waals surface area contributed by atoms with Crippen molar-refractivity contribution in [2.45, 2.75) is 13.0 Å². The molecule has 0 fully saturated rings. The van der Waals surface area contributed by atoms with E-state index in [1.165, 1.54) is 23.3 Å². The second-order valence-corrected chi connectivity index (χ2v) is 7.96. The average molecular weight is 469 g/mol. The van der Waals surface area contributed by atoms with Gasteiger partial charge in [0.25, 0.3) is 5.56 Å². The van der Waals surface area contributed by atoms with E-state index in [-0.39, 0.29) is 15.4 Å². The Kier molecular flexibility index (Phi) is 5.03. The van der Waals surface area contributed by atoms with Crippen LogP contribution in [0.5, 0.6) is 0 Å². The summed E-state index contributed by atoms with van der Waals surface area (Å²) in [4.78, 5) is 29.1. The molecule has 5 rings (SSSR count). The number of nitrogens with zero attached hydrogens (tertiary/aromatic N) is 4. The standard InChI is InChI=1S/C22H15Cl2FN6O/c1-11(30-21-19-20(27-9-26-19)28-10-29-21)16-8-12-4-2-6-14(25)17(12)22(32)31(16)15-7-3-5-13(23)18(15)24/h2-11H,1H3,(H2,26,27,28,29,30)/t11-/m0/s1. The molecule has 32 heavy (non-hydrogen) atoms. The number of anilines is 1. The number of fused-ring (bicyclic) bond motifs is 2. The van der Waals surface area contributed by atoms with Crippen molar-refractivity contribution in [1.29, 1.82) is 0 Å². The molecule has 0 bridgehead atoms. The van der Waals surface area contributed by atoms with E-state index in [1.54, 1.807) is 36.4 Å². The lowest BCUT2D eigenvalue weighted by Crippen LogP contribution is -2.26. The van der Waals surface area contributed by atoms with Gasteiger partial charge in [-0.05, 0) is 36.6 Å². The highest BCUT2D eigenvalue weighted by Crippen LogP contribution is 2.32. The third kappa shape index (κ3) is 3.28. The molecule has 2 aromatic carbocycles. The second-order valence-electron chi connectivity index (χ2n) is 7.17. The van der Waals surface area contributed by atoms with Gasteiger partial charge in [-0.25, -0.2) is 19.3 Å². The van der Waals surface area contributed by atoms with Crippen LogP contribution in [0.1, 0.15) is 18.7 Å². The molecule has 0 aliphatic rings. The Hall–Kier alpha value is -3.49. The molecule has 10 heteroatoms. The summed E-state index contributed by atoms with van der Waals surface area (Å²) in [6.45, 7) is 1.86. The predicted molar refractivity (Wildman–Crippen MR) is 123 cm³/mol. The van der Waals surface area contributed by atoms with Crippen molar-refractivity contribution in [3.05, 3.63) is 87.0 Å². The molecule has 0 aliphatic heterocycles. The van der Waals surface area contributed by atoms with Crippen molar-refractivity contribution >= 4 is 51.0 Å². The van der Waals surface area contributed by atoms with Gasteiger partial charge in [0.1, 0.15) is 17.7 Å². The maximum absolute atomic E-state index is 14.6. The van der Waals surface area contributed by atoms with Crippen molar-refractivity contribution < 1.29 is 4.39 Å². The quantitative estimate of drug-likeness (QED) is 0.374. The number of pyridine rings is 1. The number of hydrogen-bond donors (Lipinski definition) is 2. The van der Waals surface area contributed by atoms with E-state index in [0.29, 0.717) is 33.7 Å². The molecule has 2 N–H and O–H groups in total. The van der Waals surface area contributed by atoms with Crippen LogP contribution in [0.25, 0.3) is 27.6 Å². The molecule has 7 nitrogen and oxygen atoms in total. The van der Waals surface area contributed by atoms with E-state index >= 15 is 0 Å². The zero-order chi connectivity index (χ0) is 22.4. The van der Waals surface area contributed by atoms with E-state index in [2.05, 4.69) is 25.3 Å². The topological polar surface area (TPSA) is 88.5 Å². The molecule has 3 aromatic heterocycles. The summed E-state index contributed by atoms with van der Waals surface area (Å²) in [7, 11) is 0. The van der Waals surface area contributed by atoms with Gasteiger partial charge in [-0.15, -0.1) is 0 Å². The highest BCUT2D eigenvalue weighted by atomic mass is 35.5. The summed E-state index contributed by atoms with van der Waals surface area (Å²) in [6.07, 6.45) is 2.93. The fourth-order valence-corrected chi connectivity index (χ4v) is 4.10. The summed E-state index contributed by atoms with van der Waals surface area (Å²) < 4.78 is 16.0. The lowest BCUT2D eigenvalue weighted by atomic mass is 10.1. The van der Waals surface area contributed by atoms with Crippen LogP contribution in [-0.4, -0.2) is 24.5 Å². The molecule has 0 spiro atoms. The minimum atomic E-state index is -0.611. The van der Waals surface area contributed by atoms with Crippen LogP contribution in [0.15, 0.2) is 59.9 Å². The van der Waals surface area contributed by atoms with Crippen molar-refractivity contribution in [1.82, 2.24) is 24.5 Å². The van der Waals surface area contributed by atoms with Crippen LogP contribution >= 0.6 is 23.2 Å². The molecule has 1 atom stereocenters. The van der Waals surface area contributed by atoms with E-state index in [1.807, 2.05) is 6.92 Å². The van der Waals surface area contributed by atoms with E-state index in [9.17, 15) is 9.18 Å². The van der Waals surface area contributed by atoms with Crippen LogP contribution in [0.2, 0.25) is 10.0 Å². The number of halogens is 3. The number of aromatic nitrogens is 5. The number of H-pyrrole nitrogens is 1. The summed E-state index contributed by atoms with van der Waals surface area (Å²) in [5.74, 6) is -0.125. The number of benzene rings is 2. The van der Waals surface area contributed by atoms with Gasteiger partial charge in [-0.1, -0.05) is 41.4 Å². The lowest BCUT2D eigenvalue weighted by Gasteiger charge is -2.22. The number of nitrogens with one attached hydrogen (secondary N) is 2. The Morgan fingerprint density at radius 2 is 1.94 bits per heavy atom. The number of hydrogen-bond acceptors (Lipinski definition) is 5. The van der Waals surface area contributed by atoms with E-state index < -0.39 is 17.4 Å². The van der Waals surface area contributed by atoms with Gasteiger partial charge in [0.15, 0.2) is 11.5 Å². The molecular formula is C22H15Cl2FN6O. The van der Waals surface area contributed by atoms with Crippen LogP contribution < -0.4 is 10.9 Å². The van der Waals surface area contributed by atoms with Crippen molar-refractivity contribution in [2.24, 2.45) is 0 Å². The molecule has 5 aromatic rings. The SMILES string of the molecule is C[C@H](Nc1ncnc2[nH]cnc12)c1cc2cccc(F)c2c(=O)n1-c1cccc(Cl)c1Cl. The molecule has 160 valence electrons. The van der Waals surface area contributed by atoms with E-state index in [0.717, 1.165) is 0 Å². The lowest BCUT2D eigenvalue weighted by molar-refractivity contribution is 0.637. The fourth-order valence-electron chi connectivity index (χ4n) is 3.72. The molecular weight excluding hydrogens is 454 g/mol. The largest absolute Gasteiger partial charge is 0.360 e. The van der Waals surface area contributed by atoms with Gasteiger partial charge in [0.2, 0.25) is 0 Å². The minimum absolute atomic E-state index is 0.0313. The van der Waals surface area contributed by atoms with Crippen LogP contribution in [0, 0.1) is 5.82 Å². The molecule has 3 heterocycles. The smallest absolute Gasteiger partial charge is 0.266 e. The summed E-state index contributed by atoms with van der Waals surface area (Å²) >= 11 is 12.7. The van der Waals surface area contributed by atoms with Gasteiger partial charge in [-0.2, -0.15) is 0 Å². The Labute approximate surface area is 190 Å². The van der Waals surface area contributed by atoms with Crippen LogP contribution in [0.4, 0.5) is 10.2 Å². The Bertz CT molecular complexity index is 1550. The van der Waals surface area contributed by atoms with Gasteiger partial charge in [-0.3, -0.25) is 9.36 Å². The number of imidazole rings is 1. The first-order valence-corrected chi connectivity index (χ1v) is 10.4. The summed E-state index contributed by atoms with van der Waals surface area (Å²) in [6, 6.07) is 10.8. The van der Waals surface area contributed by atoms with E-state index in [4.69, 9.17) is 23.2 Å². The first-order valence-electron chi connectivity index (χ1n) is 9.65. The highest BCUT2D eigenvalue weighted by Gasteiger charge is 2.21. The maximum Gasteiger partial charge on any atom is 0.266 e. The Morgan fingerprint density at radius 1 is 1.12 bits per heavy atom. The zero-order valence-corrected chi connectivity index (χ0v) is 18.1. The highest BCUT2D eigenvalue weighted by molar-refractivity contribution is 6.43. The second kappa shape index (κ2) is 7.89. The van der Waals surface area contributed by atoms with Gasteiger partial charge in [0, 0.05) is 5.69 Å². The van der Waals surface area contributed by atoms with Gasteiger partial charge >= 0.3 is 0 Å². The normalized spacial score (nSPS) is 12.4. The molecule has 0 radical (unpaired) electrons. The third-order valence-electron chi connectivity index (χ3n) is 5.21. The molecule has 0 saturated heterocycles. The fraction of sp³-hybridized carbons (Fsp3) is 0.0909. The van der Waals surface area contributed by atoms with Crippen LogP contribution in [-0.2, 0) is 0 Å². The monoisotopic (exact) mass is 468 g/mol. The zero-order valence-electron chi connectivity index (χ0n) is 16.6. The molecule has 0 unspecified atom stereocenters. The summed E-state index contributed by atoms with van der Waals surface area (Å²) in [5.41, 5.74) is 1.48. The van der Waals surface area contributed by atoms with Crippen molar-refractivity contribution in [2.75, 3.05) is 5.32 Å². The number of aromatic amines is 1. The Morgan fingerprint density at radius 3 is 2.78 bits per heavy atom. The minimum Gasteiger partial charge on any atom is -0.360 e. The Balaban J connectivity index is 1.75. The third-order valence-corrected chi connectivity index (χ3v) is 6.02. The van der Waals surface area contributed by atoms with Crippen LogP contribution in [0.3, 0.4) is 0 Å². The molecule has 0 amide bonds. The first-order chi connectivity index (χ1) is 15.5.